The molecule has 0 fully saturated rings. The van der Waals surface area contributed by atoms with Crippen molar-refractivity contribution in [3.05, 3.63) is 60.2 Å². The van der Waals surface area contributed by atoms with Gasteiger partial charge in [0, 0.05) is 17.5 Å². The minimum absolute atomic E-state index is 1.04. The Bertz CT molecular complexity index is 763. The van der Waals surface area contributed by atoms with Gasteiger partial charge in [-0.1, -0.05) is 48.5 Å². The van der Waals surface area contributed by atoms with Crippen LogP contribution in [0.3, 0.4) is 0 Å². The van der Waals surface area contributed by atoms with Gasteiger partial charge in [0.1, 0.15) is 0 Å². The maximum atomic E-state index is 4.90. The van der Waals surface area contributed by atoms with Gasteiger partial charge in [-0.3, -0.25) is 0 Å². The lowest BCUT2D eigenvalue weighted by Gasteiger charge is -2.19. The van der Waals surface area contributed by atoms with Crippen LogP contribution >= 0.6 is 0 Å². The summed E-state index contributed by atoms with van der Waals surface area (Å²) >= 11 is 0. The Morgan fingerprint density at radius 2 is 1.75 bits per heavy atom. The van der Waals surface area contributed by atoms with Gasteiger partial charge in [0.2, 0.25) is 0 Å². The van der Waals surface area contributed by atoms with Crippen molar-refractivity contribution >= 4 is 16.6 Å². The molecule has 98 valence electrons. The summed E-state index contributed by atoms with van der Waals surface area (Å²) in [7, 11) is 0. The van der Waals surface area contributed by atoms with E-state index in [1.54, 1.807) is 0 Å². The average molecular weight is 260 g/mol. The van der Waals surface area contributed by atoms with E-state index in [0.29, 0.717) is 0 Å². The number of aromatic nitrogens is 1. The first-order valence-corrected chi connectivity index (χ1v) is 7.14. The first-order valence-electron chi connectivity index (χ1n) is 7.14. The molecule has 0 radical (unpaired) electrons. The van der Waals surface area contributed by atoms with Crippen LogP contribution in [0.4, 0.5) is 5.69 Å². The van der Waals surface area contributed by atoms with E-state index in [4.69, 9.17) is 4.98 Å². The van der Waals surface area contributed by atoms with E-state index in [1.807, 2.05) is 6.07 Å². The van der Waals surface area contributed by atoms with Crippen LogP contribution in [0.25, 0.3) is 22.2 Å². The number of benzene rings is 2. The molecule has 0 spiro atoms. The highest BCUT2D eigenvalue weighted by atomic mass is 14.9. The molecule has 0 bridgehead atoms. The minimum atomic E-state index is 1.04. The van der Waals surface area contributed by atoms with Gasteiger partial charge in [0.25, 0.3) is 0 Å². The van der Waals surface area contributed by atoms with E-state index in [9.17, 15) is 0 Å². The zero-order valence-electron chi connectivity index (χ0n) is 11.3. The molecule has 20 heavy (non-hydrogen) atoms. The van der Waals surface area contributed by atoms with Gasteiger partial charge in [-0.15, -0.1) is 0 Å². The highest BCUT2D eigenvalue weighted by Gasteiger charge is 2.13. The van der Waals surface area contributed by atoms with Crippen LogP contribution in [-0.4, -0.2) is 11.5 Å². The lowest BCUT2D eigenvalue weighted by Crippen LogP contribution is -2.12. The van der Waals surface area contributed by atoms with E-state index < -0.39 is 0 Å². The van der Waals surface area contributed by atoms with Crippen molar-refractivity contribution in [3.8, 4) is 11.3 Å². The van der Waals surface area contributed by atoms with E-state index >= 15 is 0 Å². The quantitative estimate of drug-likeness (QED) is 0.707. The molecule has 1 aliphatic rings. The Morgan fingerprint density at radius 1 is 0.900 bits per heavy atom. The lowest BCUT2D eigenvalue weighted by molar-refractivity contribution is 0.832. The third-order valence-electron chi connectivity index (χ3n) is 3.94. The summed E-state index contributed by atoms with van der Waals surface area (Å²) in [5.41, 5.74) is 5.93. The van der Waals surface area contributed by atoms with E-state index in [2.05, 4.69) is 53.8 Å². The molecule has 0 atom stereocenters. The van der Waals surface area contributed by atoms with Crippen LogP contribution in [0.15, 0.2) is 54.6 Å². The summed E-state index contributed by atoms with van der Waals surface area (Å²) in [6, 6.07) is 19.0. The largest absolute Gasteiger partial charge is 0.383 e. The lowest BCUT2D eigenvalue weighted by atomic mass is 10.00. The smallest absolute Gasteiger partial charge is 0.0943 e. The fourth-order valence-corrected chi connectivity index (χ4v) is 2.90. The number of nitrogens with one attached hydrogen (secondary N) is 1. The first-order chi connectivity index (χ1) is 9.92. The van der Waals surface area contributed by atoms with Crippen LogP contribution in [0, 0.1) is 0 Å². The molecule has 2 aromatic carbocycles. The molecule has 1 N–H and O–H groups in total. The Labute approximate surface area is 118 Å². The monoisotopic (exact) mass is 260 g/mol. The molecular weight excluding hydrogens is 244 g/mol. The maximum absolute atomic E-state index is 4.90. The molecule has 2 heteroatoms. The van der Waals surface area contributed by atoms with Crippen molar-refractivity contribution in [2.24, 2.45) is 0 Å². The number of pyridine rings is 1. The van der Waals surface area contributed by atoms with Gasteiger partial charge in [0.05, 0.1) is 16.9 Å². The third-order valence-corrected chi connectivity index (χ3v) is 3.94. The Balaban J connectivity index is 1.94. The summed E-state index contributed by atoms with van der Waals surface area (Å²) in [5.74, 6) is 0. The number of hydrogen-bond acceptors (Lipinski definition) is 2. The molecule has 1 aromatic heterocycles. The second kappa shape index (κ2) is 4.64. The van der Waals surface area contributed by atoms with Crippen molar-refractivity contribution in [3.63, 3.8) is 0 Å². The van der Waals surface area contributed by atoms with Gasteiger partial charge in [-0.2, -0.15) is 0 Å². The summed E-state index contributed by atoms with van der Waals surface area (Å²) in [5, 5.41) is 4.73. The molecule has 3 aromatic rings. The van der Waals surface area contributed by atoms with Crippen LogP contribution in [0.2, 0.25) is 0 Å². The molecule has 2 heterocycles. The first kappa shape index (κ1) is 11.5. The number of nitrogens with zero attached hydrogens (tertiary/aromatic N) is 1. The Hall–Kier alpha value is -2.35. The van der Waals surface area contributed by atoms with Gasteiger partial charge < -0.3 is 5.32 Å². The Kier molecular flexibility index (Phi) is 2.66. The SMILES string of the molecule is c1ccc(-c2ccc3ccc4c(c3n2)NCCC4)cc1. The molecule has 4 rings (SSSR count). The van der Waals surface area contributed by atoms with Crippen molar-refractivity contribution in [1.29, 1.82) is 0 Å². The zero-order valence-corrected chi connectivity index (χ0v) is 11.3. The number of rotatable bonds is 1. The van der Waals surface area contributed by atoms with Crippen LogP contribution in [0.1, 0.15) is 12.0 Å². The number of anilines is 1. The van der Waals surface area contributed by atoms with Gasteiger partial charge in [-0.25, -0.2) is 4.98 Å². The molecule has 0 saturated carbocycles. The van der Waals surface area contributed by atoms with Crippen LogP contribution in [-0.2, 0) is 6.42 Å². The van der Waals surface area contributed by atoms with E-state index in [-0.39, 0.29) is 0 Å². The second-order valence-corrected chi connectivity index (χ2v) is 5.26. The van der Waals surface area contributed by atoms with Crippen molar-refractivity contribution < 1.29 is 0 Å². The number of hydrogen-bond donors (Lipinski definition) is 1. The molecule has 0 unspecified atom stereocenters. The van der Waals surface area contributed by atoms with Gasteiger partial charge in [-0.05, 0) is 24.5 Å². The summed E-state index contributed by atoms with van der Waals surface area (Å²) in [6.07, 6.45) is 2.35. The molecule has 1 aliphatic heterocycles. The Morgan fingerprint density at radius 3 is 2.65 bits per heavy atom. The topological polar surface area (TPSA) is 24.9 Å². The fourth-order valence-electron chi connectivity index (χ4n) is 2.90. The number of aryl methyl sites for hydroxylation is 1. The molecule has 0 aliphatic carbocycles. The number of fused-ring (bicyclic) bond motifs is 3. The van der Waals surface area contributed by atoms with Crippen molar-refractivity contribution in [1.82, 2.24) is 4.98 Å². The summed E-state index contributed by atoms with van der Waals surface area (Å²) in [4.78, 5) is 4.90. The van der Waals surface area contributed by atoms with Crippen LogP contribution in [0.5, 0.6) is 0 Å². The molecule has 0 saturated heterocycles. The zero-order chi connectivity index (χ0) is 13.4. The highest BCUT2D eigenvalue weighted by Crippen LogP contribution is 2.31. The van der Waals surface area contributed by atoms with Crippen LogP contribution < -0.4 is 5.32 Å². The molecule has 0 amide bonds. The second-order valence-electron chi connectivity index (χ2n) is 5.26. The average Bonchev–Trinajstić information content (AvgIpc) is 2.55. The summed E-state index contributed by atoms with van der Waals surface area (Å²) < 4.78 is 0. The third kappa shape index (κ3) is 1.85. The van der Waals surface area contributed by atoms with E-state index in [0.717, 1.165) is 24.2 Å². The van der Waals surface area contributed by atoms with E-state index in [1.165, 1.54) is 28.6 Å². The predicted molar refractivity (Wildman–Crippen MR) is 84.0 cm³/mol. The van der Waals surface area contributed by atoms with Gasteiger partial charge in [0.15, 0.2) is 0 Å². The fraction of sp³-hybridized carbons (Fsp3) is 0.167. The highest BCUT2D eigenvalue weighted by molar-refractivity contribution is 5.94. The van der Waals surface area contributed by atoms with Crippen molar-refractivity contribution in [2.75, 3.05) is 11.9 Å². The molecule has 2 nitrogen and oxygen atoms in total. The maximum Gasteiger partial charge on any atom is 0.0943 e. The van der Waals surface area contributed by atoms with Gasteiger partial charge >= 0.3 is 0 Å². The van der Waals surface area contributed by atoms with Crippen molar-refractivity contribution in [2.45, 2.75) is 12.8 Å². The minimum Gasteiger partial charge on any atom is -0.383 e. The predicted octanol–water partition coefficient (Wildman–Crippen LogP) is 4.26. The molecular formula is C18H16N2. The summed E-state index contributed by atoms with van der Waals surface area (Å²) in [6.45, 7) is 1.04. The standard InChI is InChI=1S/C18H16N2/c1-2-5-13(6-3-1)16-11-10-15-9-8-14-7-4-12-19-17(14)18(15)20-16/h1-3,5-6,8-11,19H,4,7,12H2. The normalized spacial score (nSPS) is 13.8.